The summed E-state index contributed by atoms with van der Waals surface area (Å²) < 4.78 is 26.0. The third-order valence-electron chi connectivity index (χ3n) is 10.0. The average Bonchev–Trinajstić information content (AvgIpc) is 3.99. The standard InChI is InChI=1S/C14H21NO.C11H18N2O2.C7H15NO.C7H11NO.C7H11NS/c1-12(2)14-5-3-13(4-6-14)11-15-7-9-16-10-8-15;1-9(2)11-7-10(15-12-11)8-13-3-5-14-6-4-13;1-7(2)8-3-5-9-6-4-8;1-5(2)7-4-6(3)9-8-7;1-5(2)7-4-8-6(3)9-7/h3-6,12H,7-11H2,1-2H3;7,9H,3-6,8H2,1-2H3;7H,3-6H2,1-2H3;2*4-5H,1-3H3. The van der Waals surface area contributed by atoms with Crippen LogP contribution in [-0.4, -0.2) is 115 Å². The quantitative estimate of drug-likeness (QED) is 0.161. The molecule has 0 aliphatic carbocycles. The molecule has 0 amide bonds. The van der Waals surface area contributed by atoms with Crippen molar-refractivity contribution in [1.29, 1.82) is 0 Å². The lowest BCUT2D eigenvalue weighted by Crippen LogP contribution is -2.40. The van der Waals surface area contributed by atoms with Crippen LogP contribution in [0.5, 0.6) is 0 Å². The van der Waals surface area contributed by atoms with E-state index in [1.807, 2.05) is 26.1 Å². The van der Waals surface area contributed by atoms with Gasteiger partial charge >= 0.3 is 0 Å². The van der Waals surface area contributed by atoms with Gasteiger partial charge in [0.25, 0.3) is 0 Å². The molecule has 3 aliphatic rings. The highest BCUT2D eigenvalue weighted by molar-refractivity contribution is 7.11. The van der Waals surface area contributed by atoms with Crippen molar-refractivity contribution in [3.63, 3.8) is 0 Å². The molecule has 1 aromatic carbocycles. The number of thiazole rings is 1. The predicted octanol–water partition coefficient (Wildman–Crippen LogP) is 9.68. The molecule has 7 rings (SSSR count). The van der Waals surface area contributed by atoms with Gasteiger partial charge in [-0.1, -0.05) is 90.0 Å². The number of ether oxygens (including phenoxy) is 3. The number of morpholine rings is 3. The molecular formula is C46H76N6O5S. The van der Waals surface area contributed by atoms with Gasteiger partial charge in [0.1, 0.15) is 5.76 Å². The first-order chi connectivity index (χ1) is 27.7. The largest absolute Gasteiger partial charge is 0.379 e. The van der Waals surface area contributed by atoms with E-state index in [9.17, 15) is 0 Å². The number of nitrogens with zero attached hydrogens (tertiary/aromatic N) is 6. The zero-order valence-corrected chi connectivity index (χ0v) is 38.8. The van der Waals surface area contributed by atoms with Crippen molar-refractivity contribution in [3.8, 4) is 0 Å². The predicted molar refractivity (Wildman–Crippen MR) is 237 cm³/mol. The summed E-state index contributed by atoms with van der Waals surface area (Å²) >= 11 is 1.78. The van der Waals surface area contributed by atoms with Crippen molar-refractivity contribution in [2.75, 3.05) is 78.9 Å². The fourth-order valence-electron chi connectivity index (χ4n) is 6.08. The summed E-state index contributed by atoms with van der Waals surface area (Å²) in [6, 6.07) is 13.7. The summed E-state index contributed by atoms with van der Waals surface area (Å²) in [5, 5.41) is 9.05. The third kappa shape index (κ3) is 19.4. The Bertz CT molecular complexity index is 1570. The second-order valence-electron chi connectivity index (χ2n) is 16.7. The van der Waals surface area contributed by atoms with Crippen molar-refractivity contribution < 1.29 is 23.3 Å². The van der Waals surface area contributed by atoms with E-state index in [2.05, 4.69) is 130 Å². The smallest absolute Gasteiger partial charge is 0.150 e. The van der Waals surface area contributed by atoms with Gasteiger partial charge in [0.2, 0.25) is 0 Å². The van der Waals surface area contributed by atoms with Gasteiger partial charge in [0.15, 0.2) is 5.76 Å². The lowest BCUT2D eigenvalue weighted by molar-refractivity contribution is 0.0238. The van der Waals surface area contributed by atoms with E-state index in [1.165, 1.54) is 21.0 Å². The van der Waals surface area contributed by atoms with Crippen LogP contribution in [0.4, 0.5) is 0 Å². The summed E-state index contributed by atoms with van der Waals surface area (Å²) in [5.41, 5.74) is 4.91. The summed E-state index contributed by atoms with van der Waals surface area (Å²) in [6.45, 7) is 39.1. The fourth-order valence-corrected chi connectivity index (χ4v) is 6.86. The Morgan fingerprint density at radius 1 is 0.586 bits per heavy atom. The highest BCUT2D eigenvalue weighted by Gasteiger charge is 2.15. The maximum absolute atomic E-state index is 5.35. The molecule has 58 heavy (non-hydrogen) atoms. The Hall–Kier alpha value is -2.97. The molecule has 3 aliphatic heterocycles. The zero-order valence-electron chi connectivity index (χ0n) is 38.0. The highest BCUT2D eigenvalue weighted by atomic mass is 32.1. The molecular weight excluding hydrogens is 749 g/mol. The van der Waals surface area contributed by atoms with E-state index >= 15 is 0 Å². The molecule has 11 nitrogen and oxygen atoms in total. The summed E-state index contributed by atoms with van der Waals surface area (Å²) in [7, 11) is 0. The number of aryl methyl sites for hydroxylation is 2. The van der Waals surface area contributed by atoms with Crippen LogP contribution in [0.2, 0.25) is 0 Å². The van der Waals surface area contributed by atoms with E-state index in [0.29, 0.717) is 29.7 Å². The molecule has 0 bridgehead atoms. The molecule has 0 saturated carbocycles. The molecule has 6 heterocycles. The van der Waals surface area contributed by atoms with Gasteiger partial charge < -0.3 is 23.3 Å². The molecule has 4 aromatic rings. The second kappa shape index (κ2) is 27.0. The highest BCUT2D eigenvalue weighted by Crippen LogP contribution is 2.21. The topological polar surface area (TPSA) is 102 Å². The average molecular weight is 825 g/mol. The van der Waals surface area contributed by atoms with Crippen molar-refractivity contribution in [1.82, 2.24) is 30.0 Å². The first-order valence-electron chi connectivity index (χ1n) is 21.5. The number of hydrogen-bond donors (Lipinski definition) is 0. The third-order valence-corrected chi connectivity index (χ3v) is 11.2. The van der Waals surface area contributed by atoms with Gasteiger partial charge in [-0.3, -0.25) is 14.7 Å². The van der Waals surface area contributed by atoms with Gasteiger partial charge in [0, 0.05) is 75.1 Å². The van der Waals surface area contributed by atoms with Crippen LogP contribution in [0.3, 0.4) is 0 Å². The number of hydrogen-bond acceptors (Lipinski definition) is 12. The Labute approximate surface area is 354 Å². The van der Waals surface area contributed by atoms with Gasteiger partial charge in [-0.2, -0.15) is 0 Å². The minimum atomic E-state index is 0.437. The van der Waals surface area contributed by atoms with Crippen LogP contribution in [0.1, 0.15) is 137 Å². The first-order valence-corrected chi connectivity index (χ1v) is 22.3. The Kier molecular flexibility index (Phi) is 23.0. The molecule has 3 aromatic heterocycles. The Morgan fingerprint density at radius 3 is 1.45 bits per heavy atom. The van der Waals surface area contributed by atoms with Crippen molar-refractivity contribution in [2.45, 2.75) is 126 Å². The monoisotopic (exact) mass is 825 g/mol. The number of benzene rings is 1. The van der Waals surface area contributed by atoms with Crippen LogP contribution >= 0.6 is 11.3 Å². The normalized spacial score (nSPS) is 16.6. The Balaban J connectivity index is 0.000000199. The van der Waals surface area contributed by atoms with Gasteiger partial charge in [-0.25, -0.2) is 4.98 Å². The van der Waals surface area contributed by atoms with E-state index < -0.39 is 0 Å². The molecule has 0 radical (unpaired) electrons. The summed E-state index contributed by atoms with van der Waals surface area (Å²) in [4.78, 5) is 12.8. The van der Waals surface area contributed by atoms with Gasteiger partial charge in [-0.05, 0) is 62.5 Å². The lowest BCUT2D eigenvalue weighted by atomic mass is 10.0. The van der Waals surface area contributed by atoms with Gasteiger partial charge in [-0.15, -0.1) is 11.3 Å². The number of aromatic nitrogens is 3. The molecule has 0 unspecified atom stereocenters. The molecule has 12 heteroatoms. The van der Waals surface area contributed by atoms with Crippen molar-refractivity contribution in [3.05, 3.63) is 86.5 Å². The molecule has 0 spiro atoms. The van der Waals surface area contributed by atoms with Crippen LogP contribution in [0.25, 0.3) is 0 Å². The van der Waals surface area contributed by atoms with Crippen molar-refractivity contribution in [2.24, 2.45) is 0 Å². The SMILES string of the molecule is CC(C)N1CCOCC1.CC(C)c1cc(CN2CCOCC2)on1.CC(C)c1ccc(CN2CCOCC2)cc1.Cc1cc(C(C)C)no1.Cc1ncc(C(C)C)s1. The maximum atomic E-state index is 5.35. The van der Waals surface area contributed by atoms with Crippen LogP contribution in [-0.2, 0) is 27.3 Å². The molecule has 326 valence electrons. The van der Waals surface area contributed by atoms with E-state index in [0.717, 1.165) is 115 Å². The molecule has 3 saturated heterocycles. The minimum absolute atomic E-state index is 0.437. The molecule has 0 N–H and O–H groups in total. The van der Waals surface area contributed by atoms with Crippen molar-refractivity contribution >= 4 is 11.3 Å². The van der Waals surface area contributed by atoms with E-state index in [-0.39, 0.29) is 0 Å². The lowest BCUT2D eigenvalue weighted by Gasteiger charge is -2.29. The fraction of sp³-hybridized carbons (Fsp3) is 0.674. The number of rotatable bonds is 9. The maximum Gasteiger partial charge on any atom is 0.150 e. The molecule has 3 fully saturated rings. The second-order valence-corrected chi connectivity index (χ2v) is 18.0. The molecule has 0 atom stereocenters. The van der Waals surface area contributed by atoms with E-state index in [4.69, 9.17) is 23.3 Å². The van der Waals surface area contributed by atoms with E-state index in [1.54, 1.807) is 11.3 Å². The van der Waals surface area contributed by atoms with Crippen LogP contribution in [0.15, 0.2) is 51.6 Å². The summed E-state index contributed by atoms with van der Waals surface area (Å²) in [5.74, 6) is 4.02. The Morgan fingerprint density at radius 2 is 1.09 bits per heavy atom. The minimum Gasteiger partial charge on any atom is -0.379 e. The van der Waals surface area contributed by atoms with Gasteiger partial charge in [0.05, 0.1) is 62.6 Å². The van der Waals surface area contributed by atoms with Crippen LogP contribution in [0, 0.1) is 13.8 Å². The zero-order chi connectivity index (χ0) is 42.5. The first kappa shape index (κ1) is 49.4. The summed E-state index contributed by atoms with van der Waals surface area (Å²) in [6.07, 6.45) is 1.96. The van der Waals surface area contributed by atoms with Crippen LogP contribution < -0.4 is 0 Å².